The summed E-state index contributed by atoms with van der Waals surface area (Å²) in [6, 6.07) is 9.53. The molecule has 8 atom stereocenters. The molecular formula is C30H41N3O3. The van der Waals surface area contributed by atoms with Gasteiger partial charge in [-0.05, 0) is 101 Å². The van der Waals surface area contributed by atoms with Crippen LogP contribution in [0.2, 0.25) is 0 Å². The minimum absolute atomic E-state index is 0.0783. The molecule has 0 N–H and O–H groups in total. The van der Waals surface area contributed by atoms with E-state index in [1.54, 1.807) is 6.92 Å². The first-order chi connectivity index (χ1) is 17.4. The first-order valence-corrected chi connectivity index (χ1v) is 14.4. The van der Waals surface area contributed by atoms with Gasteiger partial charge in [-0.1, -0.05) is 26.0 Å². The topological polar surface area (TPSA) is 64.4 Å². The molecule has 6 nitrogen and oxygen atoms in total. The highest BCUT2D eigenvalue weighted by molar-refractivity contribution is 5.89. The number of fused-ring (bicyclic) bond motifs is 5. The summed E-state index contributed by atoms with van der Waals surface area (Å²) >= 11 is 0. The highest BCUT2D eigenvalue weighted by Crippen LogP contribution is 2.49. The van der Waals surface area contributed by atoms with Gasteiger partial charge in [0, 0.05) is 24.2 Å². The molecule has 2 saturated carbocycles. The Hall–Kier alpha value is -2.21. The second-order valence-electron chi connectivity index (χ2n) is 12.4. The first kappa shape index (κ1) is 24.1. The number of piperidine rings is 2. The second kappa shape index (κ2) is 9.59. The molecule has 4 aliphatic rings. The number of carbonyl (C=O) groups excluding carboxylic acids is 1. The van der Waals surface area contributed by atoms with E-state index in [9.17, 15) is 9.59 Å². The van der Waals surface area contributed by atoms with E-state index in [-0.39, 0.29) is 23.9 Å². The molecule has 36 heavy (non-hydrogen) atoms. The zero-order valence-electron chi connectivity index (χ0n) is 22.1. The van der Waals surface area contributed by atoms with Gasteiger partial charge in [0.25, 0.3) is 5.56 Å². The van der Waals surface area contributed by atoms with Crippen LogP contribution in [0.4, 0.5) is 0 Å². The fourth-order valence-corrected chi connectivity index (χ4v) is 8.67. The smallest absolute Gasteiger partial charge is 0.362 e. The van der Waals surface area contributed by atoms with Crippen molar-refractivity contribution in [1.29, 1.82) is 0 Å². The molecule has 1 aromatic heterocycles. The number of nitrogens with zero attached hydrogens (tertiary/aromatic N) is 3. The van der Waals surface area contributed by atoms with Gasteiger partial charge in [-0.15, -0.1) is 0 Å². The summed E-state index contributed by atoms with van der Waals surface area (Å²) in [5, 5.41) is 0. The van der Waals surface area contributed by atoms with Gasteiger partial charge in [0.2, 0.25) is 5.69 Å². The van der Waals surface area contributed by atoms with Crippen molar-refractivity contribution in [3.8, 4) is 0 Å². The van der Waals surface area contributed by atoms with Gasteiger partial charge >= 0.3 is 5.97 Å². The van der Waals surface area contributed by atoms with E-state index in [0.29, 0.717) is 29.6 Å². The molecule has 2 unspecified atom stereocenters. The highest BCUT2D eigenvalue weighted by atomic mass is 16.5. The lowest BCUT2D eigenvalue weighted by molar-refractivity contribution is -0.0723. The SMILES string of the molecule is CCOC(=O)c1nc2ccccc2n([C@@H]2C[C@@H]3CC[C@@H](C)[C@H](C2)N3C2C[C@H]3CC(C)C[C@@H](C2)C3)c1=O. The summed E-state index contributed by atoms with van der Waals surface area (Å²) in [5.41, 5.74) is 1.15. The highest BCUT2D eigenvalue weighted by Gasteiger charge is 2.48. The van der Waals surface area contributed by atoms with Crippen molar-refractivity contribution < 1.29 is 9.53 Å². The van der Waals surface area contributed by atoms with Crippen LogP contribution in [0.1, 0.15) is 95.1 Å². The Bertz CT molecular complexity index is 1170. The quantitative estimate of drug-likeness (QED) is 0.522. The van der Waals surface area contributed by atoms with Gasteiger partial charge in [0.05, 0.1) is 17.6 Å². The molecule has 2 saturated heterocycles. The predicted octanol–water partition coefficient (Wildman–Crippen LogP) is 5.59. The molecule has 0 amide bonds. The van der Waals surface area contributed by atoms with Crippen molar-refractivity contribution in [2.75, 3.05) is 6.61 Å². The largest absolute Gasteiger partial charge is 0.461 e. The molecule has 4 bridgehead atoms. The molecule has 3 heterocycles. The van der Waals surface area contributed by atoms with Crippen LogP contribution in [-0.2, 0) is 4.74 Å². The van der Waals surface area contributed by atoms with Crippen LogP contribution in [0.15, 0.2) is 29.1 Å². The molecule has 6 heteroatoms. The average Bonchev–Trinajstić information content (AvgIpc) is 2.85. The van der Waals surface area contributed by atoms with Crippen LogP contribution in [0.3, 0.4) is 0 Å². The lowest BCUT2D eigenvalue weighted by atomic mass is 9.65. The minimum Gasteiger partial charge on any atom is -0.461 e. The van der Waals surface area contributed by atoms with Gasteiger partial charge < -0.3 is 9.30 Å². The summed E-state index contributed by atoms with van der Waals surface area (Å²) in [6.45, 7) is 6.85. The Labute approximate surface area is 214 Å². The fraction of sp³-hybridized carbons (Fsp3) is 0.700. The van der Waals surface area contributed by atoms with Crippen molar-refractivity contribution in [2.45, 2.75) is 103 Å². The van der Waals surface area contributed by atoms with E-state index in [4.69, 9.17) is 4.74 Å². The molecule has 0 radical (unpaired) electrons. The van der Waals surface area contributed by atoms with Crippen molar-refractivity contribution in [3.05, 3.63) is 40.3 Å². The Morgan fingerprint density at radius 2 is 1.69 bits per heavy atom. The number of ether oxygens (including phenoxy) is 1. The number of carbonyl (C=O) groups is 1. The normalized spacial score (nSPS) is 36.5. The summed E-state index contributed by atoms with van der Waals surface area (Å²) in [5.74, 6) is 2.68. The maximum absolute atomic E-state index is 13.7. The summed E-state index contributed by atoms with van der Waals surface area (Å²) in [6.07, 6.45) is 11.4. The van der Waals surface area contributed by atoms with E-state index in [0.717, 1.165) is 36.1 Å². The van der Waals surface area contributed by atoms with E-state index in [2.05, 4.69) is 23.7 Å². The van der Waals surface area contributed by atoms with E-state index in [1.165, 1.54) is 44.9 Å². The minimum atomic E-state index is -0.615. The van der Waals surface area contributed by atoms with Crippen molar-refractivity contribution in [3.63, 3.8) is 0 Å². The molecule has 0 spiro atoms. The number of esters is 1. The predicted molar refractivity (Wildman–Crippen MR) is 141 cm³/mol. The third-order valence-electron chi connectivity index (χ3n) is 9.87. The summed E-state index contributed by atoms with van der Waals surface area (Å²) < 4.78 is 7.11. The Kier molecular flexibility index (Phi) is 6.43. The molecule has 6 rings (SSSR count). The van der Waals surface area contributed by atoms with Crippen LogP contribution in [0, 0.1) is 23.7 Å². The van der Waals surface area contributed by atoms with Crippen LogP contribution >= 0.6 is 0 Å². The number of hydrogen-bond donors (Lipinski definition) is 0. The third kappa shape index (κ3) is 4.19. The lowest BCUT2D eigenvalue weighted by Crippen LogP contribution is -2.61. The standard InChI is InChI=1S/C30H41N3O3/c1-4-36-30(35)28-29(34)33(26-8-6-5-7-25(26)31-28)24-16-22-10-9-19(3)27(17-24)32(22)23-14-20-11-18(2)12-21(13-20)15-23/h5-8,18-24,27H,4,9-17H2,1-3H3/t18?,19-,20-,21+,22+,23?,24-,27+/m1/s1. The Balaban J connectivity index is 1.35. The average molecular weight is 492 g/mol. The van der Waals surface area contributed by atoms with Gasteiger partial charge in [-0.3, -0.25) is 9.69 Å². The number of benzene rings is 1. The van der Waals surface area contributed by atoms with E-state index in [1.807, 2.05) is 28.8 Å². The first-order valence-electron chi connectivity index (χ1n) is 14.4. The zero-order valence-corrected chi connectivity index (χ0v) is 22.1. The number of hydrogen-bond acceptors (Lipinski definition) is 5. The van der Waals surface area contributed by atoms with E-state index < -0.39 is 5.97 Å². The van der Waals surface area contributed by atoms with Crippen LogP contribution < -0.4 is 5.56 Å². The molecule has 4 fully saturated rings. The van der Waals surface area contributed by atoms with Crippen molar-refractivity contribution >= 4 is 17.0 Å². The summed E-state index contributed by atoms with van der Waals surface area (Å²) in [7, 11) is 0. The number of para-hydroxylation sites is 2. The van der Waals surface area contributed by atoms with Gasteiger partial charge in [-0.2, -0.15) is 0 Å². The maximum Gasteiger partial charge on any atom is 0.362 e. The summed E-state index contributed by atoms with van der Waals surface area (Å²) in [4.78, 5) is 33.8. The molecule has 2 aliphatic carbocycles. The van der Waals surface area contributed by atoms with Crippen molar-refractivity contribution in [2.24, 2.45) is 23.7 Å². The van der Waals surface area contributed by atoms with E-state index >= 15 is 0 Å². The molecular weight excluding hydrogens is 450 g/mol. The van der Waals surface area contributed by atoms with Crippen molar-refractivity contribution in [1.82, 2.24) is 14.5 Å². The molecule has 2 aromatic rings. The molecule has 194 valence electrons. The number of rotatable bonds is 4. The van der Waals surface area contributed by atoms with Gasteiger partial charge in [0.15, 0.2) is 0 Å². The third-order valence-corrected chi connectivity index (χ3v) is 9.87. The Morgan fingerprint density at radius 3 is 2.44 bits per heavy atom. The zero-order chi connectivity index (χ0) is 25.0. The van der Waals surface area contributed by atoms with Crippen LogP contribution in [0.25, 0.3) is 11.0 Å². The second-order valence-corrected chi connectivity index (χ2v) is 12.4. The van der Waals surface area contributed by atoms with Gasteiger partial charge in [-0.25, -0.2) is 9.78 Å². The maximum atomic E-state index is 13.7. The Morgan fingerprint density at radius 1 is 0.944 bits per heavy atom. The van der Waals surface area contributed by atoms with Crippen LogP contribution in [-0.4, -0.2) is 45.2 Å². The fourth-order valence-electron chi connectivity index (χ4n) is 8.67. The van der Waals surface area contributed by atoms with Crippen LogP contribution in [0.5, 0.6) is 0 Å². The monoisotopic (exact) mass is 491 g/mol. The number of aromatic nitrogens is 2. The lowest BCUT2D eigenvalue weighted by Gasteiger charge is -2.57. The molecule has 1 aromatic carbocycles. The van der Waals surface area contributed by atoms with Gasteiger partial charge in [0.1, 0.15) is 0 Å². The molecule has 2 aliphatic heterocycles.